The van der Waals surface area contributed by atoms with Crippen LogP contribution in [0.15, 0.2) is 59.4 Å². The SMILES string of the molecule is O=C(NC1CCCN(c2ccccc2)C1)c1n[nH]c(=O)c2ccccc12. The van der Waals surface area contributed by atoms with E-state index in [1.807, 2.05) is 18.2 Å². The minimum Gasteiger partial charge on any atom is -0.369 e. The Balaban J connectivity index is 1.53. The number of hydrogen-bond acceptors (Lipinski definition) is 4. The van der Waals surface area contributed by atoms with Gasteiger partial charge in [-0.25, -0.2) is 5.10 Å². The van der Waals surface area contributed by atoms with E-state index in [1.54, 1.807) is 24.3 Å². The van der Waals surface area contributed by atoms with Crippen LogP contribution < -0.4 is 15.8 Å². The summed E-state index contributed by atoms with van der Waals surface area (Å²) in [5, 5.41) is 10.5. The van der Waals surface area contributed by atoms with Crippen LogP contribution in [-0.2, 0) is 0 Å². The Hall–Kier alpha value is -3.15. The third-order valence-electron chi connectivity index (χ3n) is 4.79. The summed E-state index contributed by atoms with van der Waals surface area (Å²) in [6.45, 7) is 1.74. The van der Waals surface area contributed by atoms with Gasteiger partial charge in [0.25, 0.3) is 11.5 Å². The number of nitrogens with one attached hydrogen (secondary N) is 2. The molecule has 0 aliphatic carbocycles. The van der Waals surface area contributed by atoms with Crippen molar-refractivity contribution in [3.8, 4) is 0 Å². The van der Waals surface area contributed by atoms with Crippen LogP contribution in [0.2, 0.25) is 0 Å². The standard InChI is InChI=1S/C20H20N4O2/c25-19-17-11-5-4-10-16(17)18(22-23-19)20(26)21-14-7-6-12-24(13-14)15-8-2-1-3-9-15/h1-5,8-11,14H,6-7,12-13H2,(H,21,26)(H,23,25). The molecule has 6 nitrogen and oxygen atoms in total. The molecule has 1 atom stereocenters. The Labute approximate surface area is 150 Å². The molecule has 0 saturated carbocycles. The Morgan fingerprint density at radius 2 is 1.81 bits per heavy atom. The van der Waals surface area contributed by atoms with Crippen molar-refractivity contribution >= 4 is 22.4 Å². The van der Waals surface area contributed by atoms with Crippen molar-refractivity contribution in [1.82, 2.24) is 15.5 Å². The minimum absolute atomic E-state index is 0.0453. The van der Waals surface area contributed by atoms with Crippen molar-refractivity contribution in [3.63, 3.8) is 0 Å². The quantitative estimate of drug-likeness (QED) is 0.761. The van der Waals surface area contributed by atoms with Gasteiger partial charge in [-0.2, -0.15) is 5.10 Å². The average molecular weight is 348 g/mol. The van der Waals surface area contributed by atoms with Crippen LogP contribution in [0.4, 0.5) is 5.69 Å². The smallest absolute Gasteiger partial charge is 0.272 e. The summed E-state index contributed by atoms with van der Waals surface area (Å²) in [7, 11) is 0. The summed E-state index contributed by atoms with van der Waals surface area (Å²) in [4.78, 5) is 26.9. The van der Waals surface area contributed by atoms with E-state index >= 15 is 0 Å². The van der Waals surface area contributed by atoms with Gasteiger partial charge in [-0.3, -0.25) is 9.59 Å². The van der Waals surface area contributed by atoms with Gasteiger partial charge >= 0.3 is 0 Å². The zero-order valence-corrected chi connectivity index (χ0v) is 14.3. The van der Waals surface area contributed by atoms with Gasteiger partial charge in [0.1, 0.15) is 0 Å². The highest BCUT2D eigenvalue weighted by molar-refractivity contribution is 6.04. The Morgan fingerprint density at radius 3 is 2.62 bits per heavy atom. The van der Waals surface area contributed by atoms with Crippen LogP contribution in [0.25, 0.3) is 10.8 Å². The number of carbonyl (C=O) groups excluding carboxylic acids is 1. The van der Waals surface area contributed by atoms with Gasteiger partial charge in [0.05, 0.1) is 5.39 Å². The Bertz CT molecular complexity index is 984. The van der Waals surface area contributed by atoms with Crippen LogP contribution in [0.3, 0.4) is 0 Å². The summed E-state index contributed by atoms with van der Waals surface area (Å²) < 4.78 is 0. The van der Waals surface area contributed by atoms with Gasteiger partial charge in [-0.15, -0.1) is 0 Å². The largest absolute Gasteiger partial charge is 0.369 e. The molecule has 1 fully saturated rings. The molecule has 2 heterocycles. The number of para-hydroxylation sites is 1. The van der Waals surface area contributed by atoms with E-state index in [0.29, 0.717) is 10.8 Å². The fourth-order valence-corrected chi connectivity index (χ4v) is 3.51. The van der Waals surface area contributed by atoms with Gasteiger partial charge in [0.15, 0.2) is 5.69 Å². The van der Waals surface area contributed by atoms with Crippen molar-refractivity contribution < 1.29 is 4.79 Å². The minimum atomic E-state index is -0.287. The summed E-state index contributed by atoms with van der Waals surface area (Å²) in [6, 6.07) is 17.3. The molecule has 6 heteroatoms. The van der Waals surface area contributed by atoms with Crippen LogP contribution in [0.1, 0.15) is 23.3 Å². The summed E-state index contributed by atoms with van der Waals surface area (Å²) >= 11 is 0. The molecule has 1 saturated heterocycles. The van der Waals surface area contributed by atoms with Crippen LogP contribution in [-0.4, -0.2) is 35.2 Å². The van der Waals surface area contributed by atoms with Crippen molar-refractivity contribution in [2.24, 2.45) is 0 Å². The monoisotopic (exact) mass is 348 g/mol. The number of nitrogens with zero attached hydrogens (tertiary/aromatic N) is 2. The van der Waals surface area contributed by atoms with Gasteiger partial charge in [0.2, 0.25) is 0 Å². The number of carbonyl (C=O) groups is 1. The maximum absolute atomic E-state index is 12.8. The lowest BCUT2D eigenvalue weighted by Gasteiger charge is -2.34. The van der Waals surface area contributed by atoms with E-state index in [4.69, 9.17) is 0 Å². The predicted octanol–water partition coefficient (Wildman–Crippen LogP) is 2.32. The molecule has 0 bridgehead atoms. The molecule has 1 aliphatic heterocycles. The van der Waals surface area contributed by atoms with Crippen LogP contribution in [0.5, 0.6) is 0 Å². The third-order valence-corrected chi connectivity index (χ3v) is 4.79. The maximum atomic E-state index is 12.8. The highest BCUT2D eigenvalue weighted by Gasteiger charge is 2.23. The van der Waals surface area contributed by atoms with E-state index in [9.17, 15) is 9.59 Å². The van der Waals surface area contributed by atoms with Gasteiger partial charge in [0, 0.05) is 30.2 Å². The number of hydrogen-bond donors (Lipinski definition) is 2. The van der Waals surface area contributed by atoms with Crippen molar-refractivity contribution in [2.75, 3.05) is 18.0 Å². The number of rotatable bonds is 3. The first-order valence-corrected chi connectivity index (χ1v) is 8.80. The van der Waals surface area contributed by atoms with Gasteiger partial charge in [-0.05, 0) is 31.0 Å². The summed E-state index contributed by atoms with van der Waals surface area (Å²) in [5.41, 5.74) is 1.14. The average Bonchev–Trinajstić information content (AvgIpc) is 2.69. The van der Waals surface area contributed by atoms with Crippen LogP contribution >= 0.6 is 0 Å². The lowest BCUT2D eigenvalue weighted by atomic mass is 10.0. The zero-order valence-electron chi connectivity index (χ0n) is 14.3. The lowest BCUT2D eigenvalue weighted by molar-refractivity contribution is 0.0929. The molecule has 1 aromatic heterocycles. The number of fused-ring (bicyclic) bond motifs is 1. The number of benzene rings is 2. The highest BCUT2D eigenvalue weighted by atomic mass is 16.2. The summed E-state index contributed by atoms with van der Waals surface area (Å²) in [6.07, 6.45) is 1.94. The molecule has 2 aromatic carbocycles. The fourth-order valence-electron chi connectivity index (χ4n) is 3.51. The fraction of sp³-hybridized carbons (Fsp3) is 0.250. The molecular formula is C20H20N4O2. The Kier molecular flexibility index (Phi) is 4.39. The van der Waals surface area contributed by atoms with E-state index in [1.165, 1.54) is 5.69 Å². The van der Waals surface area contributed by atoms with Crippen LogP contribution in [0, 0.1) is 0 Å². The van der Waals surface area contributed by atoms with Crippen molar-refractivity contribution in [3.05, 3.63) is 70.6 Å². The first-order chi connectivity index (χ1) is 12.7. The van der Waals surface area contributed by atoms with E-state index in [-0.39, 0.29) is 23.2 Å². The second kappa shape index (κ2) is 7.00. The highest BCUT2D eigenvalue weighted by Crippen LogP contribution is 2.20. The number of amides is 1. The molecule has 0 spiro atoms. The molecule has 4 rings (SSSR count). The molecule has 1 aliphatic rings. The number of anilines is 1. The lowest BCUT2D eigenvalue weighted by Crippen LogP contribution is -2.48. The molecule has 132 valence electrons. The molecule has 1 amide bonds. The number of H-pyrrole nitrogens is 1. The van der Waals surface area contributed by atoms with E-state index < -0.39 is 0 Å². The van der Waals surface area contributed by atoms with Gasteiger partial charge < -0.3 is 10.2 Å². The normalized spacial score (nSPS) is 17.2. The molecular weight excluding hydrogens is 328 g/mol. The second-order valence-corrected chi connectivity index (χ2v) is 6.54. The number of aromatic nitrogens is 2. The first-order valence-electron chi connectivity index (χ1n) is 8.80. The van der Waals surface area contributed by atoms with E-state index in [0.717, 1.165) is 25.9 Å². The molecule has 26 heavy (non-hydrogen) atoms. The van der Waals surface area contributed by atoms with E-state index in [2.05, 4.69) is 32.5 Å². The Morgan fingerprint density at radius 1 is 1.08 bits per heavy atom. The molecule has 3 aromatic rings. The van der Waals surface area contributed by atoms with Crippen molar-refractivity contribution in [2.45, 2.75) is 18.9 Å². The topological polar surface area (TPSA) is 78.1 Å². The number of aromatic amines is 1. The molecule has 1 unspecified atom stereocenters. The number of piperidine rings is 1. The van der Waals surface area contributed by atoms with Gasteiger partial charge in [-0.1, -0.05) is 36.4 Å². The summed E-state index contributed by atoms with van der Waals surface area (Å²) in [5.74, 6) is -0.252. The molecule has 0 radical (unpaired) electrons. The maximum Gasteiger partial charge on any atom is 0.272 e. The zero-order chi connectivity index (χ0) is 17.9. The van der Waals surface area contributed by atoms with Crippen molar-refractivity contribution in [1.29, 1.82) is 0 Å². The molecule has 2 N–H and O–H groups in total. The third kappa shape index (κ3) is 3.18. The second-order valence-electron chi connectivity index (χ2n) is 6.54. The predicted molar refractivity (Wildman–Crippen MR) is 102 cm³/mol. The first kappa shape index (κ1) is 16.3.